The molecule has 0 aliphatic rings. The van der Waals surface area contributed by atoms with Crippen LogP contribution in [-0.4, -0.2) is 37.4 Å². The topological polar surface area (TPSA) is 71.1 Å². The van der Waals surface area contributed by atoms with Crippen LogP contribution in [-0.2, 0) is 27.2 Å². The summed E-state index contributed by atoms with van der Waals surface area (Å²) in [5, 5.41) is 0. The summed E-state index contributed by atoms with van der Waals surface area (Å²) in [5.74, 6) is 0. The molecule has 0 heterocycles. The van der Waals surface area contributed by atoms with E-state index in [0.29, 0.717) is 0 Å². The summed E-state index contributed by atoms with van der Waals surface area (Å²) in [4.78, 5) is 1.88. The van der Waals surface area contributed by atoms with Gasteiger partial charge in [-0.15, -0.1) is 11.8 Å². The van der Waals surface area contributed by atoms with E-state index in [0.717, 1.165) is 21.6 Å². The molecule has 150 valence electrons. The zero-order chi connectivity index (χ0) is 19.6. The summed E-state index contributed by atoms with van der Waals surface area (Å²) < 4.78 is 47.6. The fourth-order valence-electron chi connectivity index (χ4n) is 2.13. The lowest BCUT2D eigenvalue weighted by atomic mass is 10.4. The van der Waals surface area contributed by atoms with Gasteiger partial charge in [-0.2, -0.15) is 0 Å². The number of hydrogen-bond donors (Lipinski definition) is 0. The molecule has 1 rings (SSSR count). The minimum Gasteiger partial charge on any atom is -0.308 e. The van der Waals surface area contributed by atoms with Gasteiger partial charge in [0.1, 0.15) is 0 Å². The first kappa shape index (κ1) is 24.3. The first-order chi connectivity index (χ1) is 12.4. The van der Waals surface area contributed by atoms with Crippen molar-refractivity contribution < 1.29 is 27.2 Å². The molecule has 0 fully saturated rings. The number of benzene rings is 1. The molecule has 0 atom stereocenters. The van der Waals surface area contributed by atoms with Crippen molar-refractivity contribution in [3.05, 3.63) is 24.3 Å². The summed E-state index contributed by atoms with van der Waals surface area (Å²) in [7, 11) is -7.50. The number of hydrogen-bond acceptors (Lipinski definition) is 8. The van der Waals surface area contributed by atoms with Gasteiger partial charge in [0.2, 0.25) is 4.73 Å². The summed E-state index contributed by atoms with van der Waals surface area (Å²) in [6.07, 6.45) is 1.99. The Kier molecular flexibility index (Phi) is 11.1. The van der Waals surface area contributed by atoms with Crippen molar-refractivity contribution >= 4 is 38.7 Å². The molecule has 0 saturated carbocycles. The van der Waals surface area contributed by atoms with Gasteiger partial charge in [0.25, 0.3) is 0 Å². The van der Waals surface area contributed by atoms with Crippen LogP contribution < -0.4 is 0 Å². The van der Waals surface area contributed by atoms with E-state index in [2.05, 4.69) is 0 Å². The van der Waals surface area contributed by atoms with E-state index in [1.165, 1.54) is 0 Å². The second kappa shape index (κ2) is 11.9. The lowest BCUT2D eigenvalue weighted by molar-refractivity contribution is 0.203. The molecule has 0 aromatic heterocycles. The zero-order valence-electron chi connectivity index (χ0n) is 15.9. The van der Waals surface area contributed by atoms with Gasteiger partial charge in [-0.3, -0.25) is 9.13 Å². The smallest absolute Gasteiger partial charge is 0.308 e. The molecule has 10 heteroatoms. The Morgan fingerprint density at radius 1 is 0.769 bits per heavy atom. The van der Waals surface area contributed by atoms with E-state index in [1.807, 2.05) is 30.5 Å². The minimum absolute atomic E-state index is 0.165. The molecule has 0 amide bonds. The molecule has 1 aromatic carbocycles. The molecule has 0 bridgehead atoms. The third-order valence-electron chi connectivity index (χ3n) is 3.08. The number of thioether (sulfide) groups is 2. The molecule has 0 spiro atoms. The lowest BCUT2D eigenvalue weighted by Gasteiger charge is -2.30. The van der Waals surface area contributed by atoms with Crippen LogP contribution in [0.5, 0.6) is 0 Å². The Labute approximate surface area is 165 Å². The summed E-state index contributed by atoms with van der Waals surface area (Å²) >= 11 is 2.77. The zero-order valence-corrected chi connectivity index (χ0v) is 19.3. The van der Waals surface area contributed by atoms with E-state index in [1.54, 1.807) is 39.5 Å². The van der Waals surface area contributed by atoms with E-state index in [-0.39, 0.29) is 26.4 Å². The first-order valence-electron chi connectivity index (χ1n) is 8.47. The molecule has 0 N–H and O–H groups in total. The molecular weight excluding hydrogens is 414 g/mol. The predicted octanol–water partition coefficient (Wildman–Crippen LogP) is 6.32. The monoisotopic (exact) mass is 442 g/mol. The largest absolute Gasteiger partial charge is 0.356 e. The maximum absolute atomic E-state index is 13.4. The Morgan fingerprint density at radius 3 is 1.42 bits per heavy atom. The Balaban J connectivity index is 3.33. The average molecular weight is 442 g/mol. The van der Waals surface area contributed by atoms with Gasteiger partial charge >= 0.3 is 15.2 Å². The molecule has 1 aromatic rings. The van der Waals surface area contributed by atoms with Crippen molar-refractivity contribution in [1.29, 1.82) is 0 Å². The molecule has 0 aliphatic heterocycles. The van der Waals surface area contributed by atoms with Crippen molar-refractivity contribution in [1.82, 2.24) is 0 Å². The fourth-order valence-corrected chi connectivity index (χ4v) is 9.85. The van der Waals surface area contributed by atoms with E-state index < -0.39 is 19.9 Å². The fraction of sp³-hybridized carbons (Fsp3) is 0.625. The molecule has 0 saturated heterocycles. The number of rotatable bonds is 13. The van der Waals surface area contributed by atoms with E-state index in [9.17, 15) is 9.13 Å². The highest BCUT2D eigenvalue weighted by Crippen LogP contribution is 2.74. The van der Waals surface area contributed by atoms with Crippen molar-refractivity contribution in [3.8, 4) is 0 Å². The van der Waals surface area contributed by atoms with Crippen LogP contribution in [0.15, 0.2) is 34.1 Å². The maximum atomic E-state index is 13.4. The summed E-state index contributed by atoms with van der Waals surface area (Å²) in [6.45, 7) is 7.52. The highest BCUT2D eigenvalue weighted by atomic mass is 32.2. The molecule has 0 radical (unpaired) electrons. The Morgan fingerprint density at radius 2 is 1.12 bits per heavy atom. The Hall–Kier alpha value is 0.220. The Bertz CT molecular complexity index is 576. The van der Waals surface area contributed by atoms with Crippen LogP contribution >= 0.6 is 38.7 Å². The second-order valence-corrected chi connectivity index (χ2v) is 12.3. The van der Waals surface area contributed by atoms with Gasteiger partial charge in [-0.05, 0) is 58.2 Å². The SMILES string of the molecule is CCOP(=O)(OCC)C(Sc1ccc(SC)cc1)P(=O)(OCC)OCC. The van der Waals surface area contributed by atoms with Gasteiger partial charge < -0.3 is 18.1 Å². The van der Waals surface area contributed by atoms with Crippen LogP contribution in [0.1, 0.15) is 27.7 Å². The molecule has 0 aliphatic carbocycles. The molecule has 0 unspecified atom stereocenters. The van der Waals surface area contributed by atoms with Crippen molar-refractivity contribution in [3.63, 3.8) is 0 Å². The van der Waals surface area contributed by atoms with Gasteiger partial charge in [0, 0.05) is 9.79 Å². The van der Waals surface area contributed by atoms with E-state index in [4.69, 9.17) is 18.1 Å². The maximum Gasteiger partial charge on any atom is 0.356 e. The van der Waals surface area contributed by atoms with Gasteiger partial charge in [-0.1, -0.05) is 11.8 Å². The van der Waals surface area contributed by atoms with E-state index >= 15 is 0 Å². The van der Waals surface area contributed by atoms with Crippen LogP contribution in [0.3, 0.4) is 0 Å². The standard InChI is InChI=1S/C16H28O6P2S2/c1-6-19-23(17,20-7-2)16(24(18,21-8-3)22-9-4)26-15-12-10-14(25-5)11-13-15/h10-13,16H,6-9H2,1-5H3. The lowest BCUT2D eigenvalue weighted by Crippen LogP contribution is -2.15. The minimum atomic E-state index is -3.75. The van der Waals surface area contributed by atoms with Crippen LogP contribution in [0, 0.1) is 0 Å². The normalized spacial score (nSPS) is 12.7. The van der Waals surface area contributed by atoms with Gasteiger partial charge in [0.15, 0.2) is 0 Å². The second-order valence-electron chi connectivity index (χ2n) is 4.87. The van der Waals surface area contributed by atoms with Crippen LogP contribution in [0.25, 0.3) is 0 Å². The molecule has 26 heavy (non-hydrogen) atoms. The van der Waals surface area contributed by atoms with Crippen molar-refractivity contribution in [2.75, 3.05) is 32.7 Å². The van der Waals surface area contributed by atoms with Crippen molar-refractivity contribution in [2.24, 2.45) is 0 Å². The van der Waals surface area contributed by atoms with Crippen LogP contribution in [0.4, 0.5) is 0 Å². The average Bonchev–Trinajstić information content (AvgIpc) is 2.61. The predicted molar refractivity (Wildman–Crippen MR) is 110 cm³/mol. The third kappa shape index (κ3) is 6.68. The molecule has 6 nitrogen and oxygen atoms in total. The van der Waals surface area contributed by atoms with Crippen molar-refractivity contribution in [2.45, 2.75) is 42.2 Å². The summed E-state index contributed by atoms with van der Waals surface area (Å²) in [5.41, 5.74) is 0. The van der Waals surface area contributed by atoms with Gasteiger partial charge in [0.05, 0.1) is 26.4 Å². The summed E-state index contributed by atoms with van der Waals surface area (Å²) in [6, 6.07) is 7.66. The molecular formula is C16H28O6P2S2. The highest BCUT2D eigenvalue weighted by Gasteiger charge is 2.51. The van der Waals surface area contributed by atoms with Gasteiger partial charge in [-0.25, -0.2) is 0 Å². The first-order valence-corrected chi connectivity index (χ1v) is 13.8. The quantitative estimate of drug-likeness (QED) is 0.260. The van der Waals surface area contributed by atoms with Crippen LogP contribution in [0.2, 0.25) is 0 Å². The third-order valence-corrected chi connectivity index (χ3v) is 12.0. The highest BCUT2D eigenvalue weighted by molar-refractivity contribution is 8.12.